The highest BCUT2D eigenvalue weighted by Gasteiger charge is 1.87. The van der Waals surface area contributed by atoms with E-state index in [1.54, 1.807) is 6.08 Å². The molecule has 104 valence electrons. The number of hydrogen-bond donors (Lipinski definition) is 1. The van der Waals surface area contributed by atoms with Crippen molar-refractivity contribution in [2.24, 2.45) is 0 Å². The molecule has 0 radical (unpaired) electrons. The smallest absolute Gasteiger partial charge is 0.328 e. The average Bonchev–Trinajstić information content (AvgIpc) is 2.55. The fourth-order valence-corrected chi connectivity index (χ4v) is 1.75. The van der Waals surface area contributed by atoms with E-state index in [4.69, 9.17) is 5.11 Å². The van der Waals surface area contributed by atoms with Crippen LogP contribution in [0.3, 0.4) is 0 Å². The number of rotatable bonds is 2. The van der Waals surface area contributed by atoms with Crippen molar-refractivity contribution >= 4 is 22.9 Å². The van der Waals surface area contributed by atoms with Crippen LogP contribution in [-0.2, 0) is 4.79 Å². The van der Waals surface area contributed by atoms with E-state index >= 15 is 0 Å². The number of pyridine rings is 1. The van der Waals surface area contributed by atoms with Crippen LogP contribution in [0.15, 0.2) is 79.0 Å². The molecule has 0 amide bonds. The van der Waals surface area contributed by atoms with Crippen LogP contribution in [0.25, 0.3) is 17.0 Å². The molecule has 0 bridgehead atoms. The van der Waals surface area contributed by atoms with Crippen LogP contribution in [-0.4, -0.2) is 16.1 Å². The largest absolute Gasteiger partial charge is 0.478 e. The van der Waals surface area contributed by atoms with Gasteiger partial charge in [-0.2, -0.15) is 0 Å². The lowest BCUT2D eigenvalue weighted by Crippen LogP contribution is -1.85. The van der Waals surface area contributed by atoms with E-state index in [2.05, 4.69) is 17.1 Å². The van der Waals surface area contributed by atoms with E-state index in [0.29, 0.717) is 0 Å². The molecule has 0 saturated heterocycles. The number of hydrogen-bond acceptors (Lipinski definition) is 2. The molecule has 2 aromatic carbocycles. The van der Waals surface area contributed by atoms with E-state index in [0.717, 1.165) is 17.2 Å². The summed E-state index contributed by atoms with van der Waals surface area (Å²) < 4.78 is 0. The fourth-order valence-electron chi connectivity index (χ4n) is 1.75. The van der Waals surface area contributed by atoms with Gasteiger partial charge in [-0.05, 0) is 23.8 Å². The maximum atomic E-state index is 10.1. The van der Waals surface area contributed by atoms with Crippen molar-refractivity contribution in [3.63, 3.8) is 0 Å². The summed E-state index contributed by atoms with van der Waals surface area (Å²) in [6.45, 7) is 0. The van der Waals surface area contributed by atoms with Crippen molar-refractivity contribution in [1.29, 1.82) is 0 Å². The Labute approximate surface area is 123 Å². The minimum atomic E-state index is -0.922. The first kappa shape index (κ1) is 14.5. The zero-order chi connectivity index (χ0) is 14.9. The Bertz CT molecular complexity index is 671. The normalized spacial score (nSPS) is 10.1. The molecule has 0 aliphatic carbocycles. The number of aliphatic carboxylic acids is 1. The molecule has 1 heterocycles. The number of carboxylic acids is 1. The Morgan fingerprint density at radius 2 is 1.57 bits per heavy atom. The minimum Gasteiger partial charge on any atom is -0.478 e. The molecular weight excluding hydrogens is 262 g/mol. The van der Waals surface area contributed by atoms with Crippen LogP contribution in [0.2, 0.25) is 0 Å². The van der Waals surface area contributed by atoms with Crippen LogP contribution in [0.5, 0.6) is 0 Å². The molecule has 1 N–H and O–H groups in total. The number of benzene rings is 2. The van der Waals surface area contributed by atoms with Gasteiger partial charge in [0.05, 0.1) is 5.52 Å². The van der Waals surface area contributed by atoms with Crippen molar-refractivity contribution < 1.29 is 9.90 Å². The van der Waals surface area contributed by atoms with Gasteiger partial charge in [-0.1, -0.05) is 54.6 Å². The third-order valence-corrected chi connectivity index (χ3v) is 2.73. The summed E-state index contributed by atoms with van der Waals surface area (Å²) in [6, 6.07) is 21.4. The molecule has 0 fully saturated rings. The first-order chi connectivity index (χ1) is 10.3. The Balaban J connectivity index is 0.000000154. The second kappa shape index (κ2) is 7.60. The molecule has 3 rings (SSSR count). The standard InChI is InChI=1S/C9H7N.C9H8O2/c1-2-6-9-8(4-1)5-3-7-10-9;10-9(11)7-6-8-4-2-1-3-5-8/h1-7H;1-7H,(H,10,11)/b;7-6+. The van der Waals surface area contributed by atoms with Crippen LogP contribution in [0, 0.1) is 0 Å². The number of aromatic nitrogens is 1. The molecule has 0 atom stereocenters. The van der Waals surface area contributed by atoms with Gasteiger partial charge in [-0.15, -0.1) is 0 Å². The summed E-state index contributed by atoms with van der Waals surface area (Å²) in [5.74, 6) is -0.922. The van der Waals surface area contributed by atoms with Crippen molar-refractivity contribution in [2.75, 3.05) is 0 Å². The Kier molecular flexibility index (Phi) is 5.24. The summed E-state index contributed by atoms with van der Waals surface area (Å²) in [4.78, 5) is 14.3. The SMILES string of the molecule is O=C(O)/C=C/c1ccccc1.c1ccc2ncccc2c1. The van der Waals surface area contributed by atoms with Gasteiger partial charge < -0.3 is 5.11 Å². The first-order valence-corrected chi connectivity index (χ1v) is 6.51. The lowest BCUT2D eigenvalue weighted by Gasteiger charge is -1.91. The molecule has 0 aliphatic heterocycles. The summed E-state index contributed by atoms with van der Waals surface area (Å²) in [7, 11) is 0. The van der Waals surface area contributed by atoms with Crippen LogP contribution in [0.4, 0.5) is 0 Å². The molecule has 21 heavy (non-hydrogen) atoms. The minimum absolute atomic E-state index is 0.898. The summed E-state index contributed by atoms with van der Waals surface area (Å²) in [6.07, 6.45) is 4.49. The molecule has 3 nitrogen and oxygen atoms in total. The van der Waals surface area contributed by atoms with Crippen molar-refractivity contribution in [3.8, 4) is 0 Å². The number of para-hydroxylation sites is 1. The van der Waals surface area contributed by atoms with Crippen LogP contribution < -0.4 is 0 Å². The average molecular weight is 277 g/mol. The van der Waals surface area contributed by atoms with Gasteiger partial charge in [0.1, 0.15) is 0 Å². The lowest BCUT2D eigenvalue weighted by atomic mass is 10.2. The number of carboxylic acid groups (broad SMARTS) is 1. The molecule has 0 spiro atoms. The fraction of sp³-hybridized carbons (Fsp3) is 0. The van der Waals surface area contributed by atoms with E-state index in [1.165, 1.54) is 5.39 Å². The van der Waals surface area contributed by atoms with Crippen molar-refractivity contribution in [3.05, 3.63) is 84.6 Å². The van der Waals surface area contributed by atoms with Crippen molar-refractivity contribution in [2.45, 2.75) is 0 Å². The van der Waals surface area contributed by atoms with Gasteiger partial charge in [0.25, 0.3) is 0 Å². The highest BCUT2D eigenvalue weighted by atomic mass is 16.4. The Morgan fingerprint density at radius 3 is 2.29 bits per heavy atom. The lowest BCUT2D eigenvalue weighted by molar-refractivity contribution is -0.131. The van der Waals surface area contributed by atoms with E-state index in [-0.39, 0.29) is 0 Å². The van der Waals surface area contributed by atoms with E-state index in [1.807, 2.05) is 60.8 Å². The zero-order valence-corrected chi connectivity index (χ0v) is 11.4. The summed E-state index contributed by atoms with van der Waals surface area (Å²) >= 11 is 0. The summed E-state index contributed by atoms with van der Waals surface area (Å²) in [5.41, 5.74) is 1.96. The van der Waals surface area contributed by atoms with Gasteiger partial charge in [-0.25, -0.2) is 4.79 Å². The third kappa shape index (κ3) is 4.91. The van der Waals surface area contributed by atoms with Crippen LogP contribution >= 0.6 is 0 Å². The first-order valence-electron chi connectivity index (χ1n) is 6.51. The predicted molar refractivity (Wildman–Crippen MR) is 84.9 cm³/mol. The third-order valence-electron chi connectivity index (χ3n) is 2.73. The number of nitrogens with zero attached hydrogens (tertiary/aromatic N) is 1. The molecule has 0 saturated carbocycles. The highest BCUT2D eigenvalue weighted by Crippen LogP contribution is 2.07. The molecule has 1 aromatic heterocycles. The molecular formula is C18H15NO2. The monoisotopic (exact) mass is 277 g/mol. The molecule has 3 aromatic rings. The van der Waals surface area contributed by atoms with Crippen molar-refractivity contribution in [1.82, 2.24) is 4.98 Å². The van der Waals surface area contributed by atoms with E-state index in [9.17, 15) is 4.79 Å². The Morgan fingerprint density at radius 1 is 0.905 bits per heavy atom. The zero-order valence-electron chi connectivity index (χ0n) is 11.4. The van der Waals surface area contributed by atoms with Gasteiger partial charge >= 0.3 is 5.97 Å². The van der Waals surface area contributed by atoms with Crippen LogP contribution in [0.1, 0.15) is 5.56 Å². The molecule has 3 heteroatoms. The number of carbonyl (C=O) groups is 1. The summed E-state index contributed by atoms with van der Waals surface area (Å²) in [5, 5.41) is 9.49. The molecule has 0 unspecified atom stereocenters. The second-order valence-corrected chi connectivity index (χ2v) is 4.28. The molecule has 0 aliphatic rings. The Hall–Kier alpha value is -2.94. The maximum absolute atomic E-state index is 10.1. The van der Waals surface area contributed by atoms with E-state index < -0.39 is 5.97 Å². The van der Waals surface area contributed by atoms with Gasteiger partial charge in [0.2, 0.25) is 0 Å². The second-order valence-electron chi connectivity index (χ2n) is 4.28. The maximum Gasteiger partial charge on any atom is 0.328 e. The quantitative estimate of drug-likeness (QED) is 0.720. The van der Waals surface area contributed by atoms with Gasteiger partial charge in [0, 0.05) is 17.7 Å². The predicted octanol–water partition coefficient (Wildman–Crippen LogP) is 4.02. The van der Waals surface area contributed by atoms with Gasteiger partial charge in [0.15, 0.2) is 0 Å². The number of fused-ring (bicyclic) bond motifs is 1. The highest BCUT2D eigenvalue weighted by molar-refractivity contribution is 5.85. The van der Waals surface area contributed by atoms with Gasteiger partial charge in [-0.3, -0.25) is 4.98 Å². The topological polar surface area (TPSA) is 50.2 Å².